The number of hydrogen-bond donors (Lipinski definition) is 2. The minimum atomic E-state index is -0.314. The average molecular weight is 367 g/mol. The topological polar surface area (TPSA) is 58.9 Å². The van der Waals surface area contributed by atoms with Crippen LogP contribution in [-0.2, 0) is 12.8 Å². The minimum Gasteiger partial charge on any atom is -0.349 e. The van der Waals surface area contributed by atoms with Crippen molar-refractivity contribution in [3.8, 4) is 5.69 Å². The van der Waals surface area contributed by atoms with E-state index in [-0.39, 0.29) is 24.1 Å². The predicted molar refractivity (Wildman–Crippen MR) is 98.4 cm³/mol. The van der Waals surface area contributed by atoms with Crippen molar-refractivity contribution in [2.45, 2.75) is 33.1 Å². The summed E-state index contributed by atoms with van der Waals surface area (Å²) in [5, 5.41) is 10.5. The Morgan fingerprint density at radius 2 is 2.12 bits per heavy atom. The summed E-state index contributed by atoms with van der Waals surface area (Å²) in [6.45, 7) is 6.01. The molecule has 3 rings (SSSR count). The van der Waals surface area contributed by atoms with Gasteiger partial charge in [-0.25, -0.2) is 9.07 Å². The van der Waals surface area contributed by atoms with Crippen LogP contribution in [0.3, 0.4) is 0 Å². The Bertz CT molecular complexity index is 760. The summed E-state index contributed by atoms with van der Waals surface area (Å²) < 4.78 is 15.9. The van der Waals surface area contributed by atoms with E-state index in [4.69, 9.17) is 0 Å². The first-order valence-electron chi connectivity index (χ1n) is 8.48. The number of rotatable bonds is 6. The monoisotopic (exact) mass is 366 g/mol. The number of benzene rings is 1. The van der Waals surface area contributed by atoms with Crippen molar-refractivity contribution in [2.24, 2.45) is 0 Å². The van der Waals surface area contributed by atoms with Gasteiger partial charge in [-0.3, -0.25) is 4.79 Å². The second kappa shape index (κ2) is 8.45. The number of fused-ring (bicyclic) bond motifs is 1. The zero-order chi connectivity index (χ0) is 17.1. The van der Waals surface area contributed by atoms with Crippen molar-refractivity contribution in [3.63, 3.8) is 0 Å². The molecule has 1 aliphatic rings. The molecule has 136 valence electrons. The summed E-state index contributed by atoms with van der Waals surface area (Å²) in [6, 6.07) is 5.08. The lowest BCUT2D eigenvalue weighted by atomic mass is 10.2. The van der Waals surface area contributed by atoms with Crippen molar-refractivity contribution in [3.05, 3.63) is 46.5 Å². The van der Waals surface area contributed by atoms with Gasteiger partial charge < -0.3 is 10.6 Å². The number of nitrogens with one attached hydrogen (secondary N) is 2. The molecule has 1 heterocycles. The zero-order valence-electron chi connectivity index (χ0n) is 14.6. The van der Waals surface area contributed by atoms with E-state index in [1.165, 1.54) is 6.07 Å². The molecule has 1 aromatic carbocycles. The Morgan fingerprint density at radius 3 is 2.84 bits per heavy atom. The molecule has 25 heavy (non-hydrogen) atoms. The van der Waals surface area contributed by atoms with E-state index in [0.29, 0.717) is 17.9 Å². The molecule has 0 spiro atoms. The van der Waals surface area contributed by atoms with Crippen LogP contribution in [0.1, 0.15) is 40.7 Å². The minimum absolute atomic E-state index is 0. The first kappa shape index (κ1) is 19.4. The Morgan fingerprint density at radius 1 is 1.32 bits per heavy atom. The molecule has 2 N–H and O–H groups in total. The van der Waals surface area contributed by atoms with Gasteiger partial charge in [0.15, 0.2) is 5.69 Å². The number of halogens is 2. The summed E-state index contributed by atoms with van der Waals surface area (Å²) in [7, 11) is 0. The molecule has 0 atom stereocenters. The second-order valence-electron chi connectivity index (χ2n) is 6.10. The summed E-state index contributed by atoms with van der Waals surface area (Å²) in [5.41, 5.74) is 3.61. The number of amides is 1. The van der Waals surface area contributed by atoms with Crippen LogP contribution in [-0.4, -0.2) is 35.3 Å². The molecule has 0 unspecified atom stereocenters. The fourth-order valence-corrected chi connectivity index (χ4v) is 3.13. The fourth-order valence-electron chi connectivity index (χ4n) is 3.13. The van der Waals surface area contributed by atoms with E-state index in [9.17, 15) is 9.18 Å². The van der Waals surface area contributed by atoms with Gasteiger partial charge in [-0.05, 0) is 50.4 Å². The van der Waals surface area contributed by atoms with Gasteiger partial charge in [-0.1, -0.05) is 13.0 Å². The van der Waals surface area contributed by atoms with Crippen molar-refractivity contribution in [1.82, 2.24) is 20.4 Å². The third-order valence-corrected chi connectivity index (χ3v) is 4.31. The lowest BCUT2D eigenvalue weighted by Crippen LogP contribution is -2.32. The Kier molecular flexibility index (Phi) is 6.56. The van der Waals surface area contributed by atoms with Crippen molar-refractivity contribution in [1.29, 1.82) is 0 Å². The van der Waals surface area contributed by atoms with E-state index < -0.39 is 0 Å². The third-order valence-electron chi connectivity index (χ3n) is 4.31. The molecule has 0 aliphatic heterocycles. The molecule has 0 saturated carbocycles. The number of aryl methyl sites for hydroxylation is 1. The molecule has 0 bridgehead atoms. The third kappa shape index (κ3) is 4.02. The Balaban J connectivity index is 0.00000225. The van der Waals surface area contributed by atoms with Crippen LogP contribution in [0.5, 0.6) is 0 Å². The predicted octanol–water partition coefficient (Wildman–Crippen LogP) is 2.57. The summed E-state index contributed by atoms with van der Waals surface area (Å²) in [5.74, 6) is -0.497. The van der Waals surface area contributed by atoms with Gasteiger partial charge in [0.25, 0.3) is 5.91 Å². The highest BCUT2D eigenvalue weighted by molar-refractivity contribution is 5.94. The maximum Gasteiger partial charge on any atom is 0.272 e. The smallest absolute Gasteiger partial charge is 0.272 e. The van der Waals surface area contributed by atoms with E-state index >= 15 is 0 Å². The van der Waals surface area contributed by atoms with Gasteiger partial charge in [-0.2, -0.15) is 5.10 Å². The van der Waals surface area contributed by atoms with E-state index in [0.717, 1.165) is 49.2 Å². The second-order valence-corrected chi connectivity index (χ2v) is 6.10. The number of hydrogen-bond acceptors (Lipinski definition) is 3. The zero-order valence-corrected chi connectivity index (χ0v) is 15.4. The molecule has 5 nitrogen and oxygen atoms in total. The van der Waals surface area contributed by atoms with Crippen LogP contribution in [0.2, 0.25) is 0 Å². The summed E-state index contributed by atoms with van der Waals surface area (Å²) >= 11 is 0. The van der Waals surface area contributed by atoms with E-state index in [1.54, 1.807) is 10.7 Å². The lowest BCUT2D eigenvalue weighted by Gasteiger charge is -2.07. The Hall–Kier alpha value is -1.92. The molecule has 7 heteroatoms. The highest BCUT2D eigenvalue weighted by Crippen LogP contribution is 2.28. The Labute approximate surface area is 153 Å². The van der Waals surface area contributed by atoms with Gasteiger partial charge >= 0.3 is 0 Å². The van der Waals surface area contributed by atoms with Crippen molar-refractivity contribution < 1.29 is 9.18 Å². The van der Waals surface area contributed by atoms with Crippen LogP contribution < -0.4 is 10.6 Å². The standard InChI is InChI=1S/C18H23FN4O.ClH/c1-3-20-9-10-21-18(24)17-13-5-4-6-15(13)23(22-17)16-8-7-12(2)11-14(16)19;/h7-8,11,20H,3-6,9-10H2,1-2H3,(H,21,24);1H. The van der Waals surface area contributed by atoms with Crippen LogP contribution in [0.4, 0.5) is 4.39 Å². The van der Waals surface area contributed by atoms with Gasteiger partial charge in [0.05, 0.1) is 0 Å². The number of aromatic nitrogens is 2. The summed E-state index contributed by atoms with van der Waals surface area (Å²) in [4.78, 5) is 12.4. The molecule has 0 radical (unpaired) electrons. The average Bonchev–Trinajstić information content (AvgIpc) is 3.14. The molecule has 0 fully saturated rings. The molecule has 2 aromatic rings. The molecular formula is C18H24ClFN4O. The van der Waals surface area contributed by atoms with E-state index in [2.05, 4.69) is 15.7 Å². The maximum atomic E-state index is 14.3. The van der Waals surface area contributed by atoms with Crippen molar-refractivity contribution in [2.75, 3.05) is 19.6 Å². The number of carbonyl (C=O) groups is 1. The SMILES string of the molecule is CCNCCNC(=O)c1nn(-c2ccc(C)cc2F)c2c1CCC2.Cl. The first-order chi connectivity index (χ1) is 11.6. The molecular weight excluding hydrogens is 343 g/mol. The van der Waals surface area contributed by atoms with Crippen LogP contribution >= 0.6 is 12.4 Å². The van der Waals surface area contributed by atoms with Crippen molar-refractivity contribution >= 4 is 18.3 Å². The first-order valence-corrected chi connectivity index (χ1v) is 8.48. The van der Waals surface area contributed by atoms with Gasteiger partial charge in [0.2, 0.25) is 0 Å². The summed E-state index contributed by atoms with van der Waals surface area (Å²) in [6.07, 6.45) is 2.61. The van der Waals surface area contributed by atoms with Gasteiger partial charge in [-0.15, -0.1) is 12.4 Å². The van der Waals surface area contributed by atoms with E-state index in [1.807, 2.05) is 19.9 Å². The molecule has 1 amide bonds. The lowest BCUT2D eigenvalue weighted by molar-refractivity contribution is 0.0947. The highest BCUT2D eigenvalue weighted by atomic mass is 35.5. The molecule has 0 saturated heterocycles. The van der Waals surface area contributed by atoms with Crippen LogP contribution in [0.25, 0.3) is 5.69 Å². The number of nitrogens with zero attached hydrogens (tertiary/aromatic N) is 2. The van der Waals surface area contributed by atoms with Gasteiger partial charge in [0, 0.05) is 24.3 Å². The fraction of sp³-hybridized carbons (Fsp3) is 0.444. The van der Waals surface area contributed by atoms with Gasteiger partial charge in [0.1, 0.15) is 11.5 Å². The quantitative estimate of drug-likeness (QED) is 0.772. The molecule has 1 aliphatic carbocycles. The maximum absolute atomic E-state index is 14.3. The number of likely N-dealkylation sites (N-methyl/N-ethyl adjacent to an activating group) is 1. The molecule has 1 aromatic heterocycles. The largest absolute Gasteiger partial charge is 0.349 e. The normalized spacial score (nSPS) is 12.6. The highest BCUT2D eigenvalue weighted by Gasteiger charge is 2.27. The van der Waals surface area contributed by atoms with Crippen LogP contribution in [0.15, 0.2) is 18.2 Å². The van der Waals surface area contributed by atoms with Crippen LogP contribution in [0, 0.1) is 12.7 Å². The number of carbonyl (C=O) groups excluding carboxylic acids is 1.